The Morgan fingerprint density at radius 2 is 1.85 bits per heavy atom. The maximum absolute atomic E-state index is 12.6. The van der Waals surface area contributed by atoms with Crippen LogP contribution in [0.4, 0.5) is 18.9 Å². The fourth-order valence-corrected chi connectivity index (χ4v) is 2.28. The van der Waals surface area contributed by atoms with Gasteiger partial charge in [-0.3, -0.25) is 4.79 Å². The minimum absolute atomic E-state index is 0.164. The van der Waals surface area contributed by atoms with Gasteiger partial charge in [0.25, 0.3) is 5.91 Å². The lowest BCUT2D eigenvalue weighted by Gasteiger charge is -2.08. The van der Waals surface area contributed by atoms with Crippen LogP contribution in [0.25, 0.3) is 6.08 Å². The van der Waals surface area contributed by atoms with E-state index in [0.29, 0.717) is 5.02 Å². The van der Waals surface area contributed by atoms with Crippen molar-refractivity contribution in [3.63, 3.8) is 0 Å². The van der Waals surface area contributed by atoms with Crippen molar-refractivity contribution in [3.8, 4) is 0 Å². The second-order valence-electron chi connectivity index (χ2n) is 5.24. The van der Waals surface area contributed by atoms with E-state index in [1.165, 1.54) is 30.3 Å². The van der Waals surface area contributed by atoms with Gasteiger partial charge in [-0.15, -0.1) is 0 Å². The van der Waals surface area contributed by atoms with Crippen molar-refractivity contribution < 1.29 is 27.5 Å². The number of halogens is 5. The Morgan fingerprint density at radius 1 is 1.11 bits per heavy atom. The third kappa shape index (κ3) is 6.62. The standard InChI is InChI=1S/C18H12Cl2F3NO3/c19-13-5-6-14(20)15(9-13)24-16(25)10-27-17(26)7-4-11-2-1-3-12(8-11)18(21,22)23/h1-9H,10H2,(H,24,25)/b7-4+. The molecule has 0 atom stereocenters. The lowest BCUT2D eigenvalue weighted by atomic mass is 10.1. The summed E-state index contributed by atoms with van der Waals surface area (Å²) in [5, 5.41) is 3.03. The van der Waals surface area contributed by atoms with Crippen molar-refractivity contribution in [1.29, 1.82) is 0 Å². The molecule has 2 aromatic carbocycles. The van der Waals surface area contributed by atoms with Gasteiger partial charge in [0, 0.05) is 11.1 Å². The first-order valence-corrected chi connectivity index (χ1v) is 8.18. The number of rotatable bonds is 5. The summed E-state index contributed by atoms with van der Waals surface area (Å²) >= 11 is 11.7. The van der Waals surface area contributed by atoms with Crippen LogP contribution in [-0.4, -0.2) is 18.5 Å². The summed E-state index contributed by atoms with van der Waals surface area (Å²) in [6.45, 7) is -0.603. The van der Waals surface area contributed by atoms with E-state index in [0.717, 1.165) is 24.3 Å². The number of hydrogen-bond donors (Lipinski definition) is 1. The van der Waals surface area contributed by atoms with Gasteiger partial charge in [0.1, 0.15) is 0 Å². The first-order valence-electron chi connectivity index (χ1n) is 7.42. The van der Waals surface area contributed by atoms with Crippen LogP contribution in [0.2, 0.25) is 10.0 Å². The summed E-state index contributed by atoms with van der Waals surface area (Å²) in [5.74, 6) is -1.54. The smallest absolute Gasteiger partial charge is 0.416 e. The van der Waals surface area contributed by atoms with Crippen LogP contribution in [-0.2, 0) is 20.5 Å². The zero-order chi connectivity index (χ0) is 20.0. The maximum Gasteiger partial charge on any atom is 0.416 e. The monoisotopic (exact) mass is 417 g/mol. The molecule has 0 aliphatic carbocycles. The first-order chi connectivity index (χ1) is 12.6. The van der Waals surface area contributed by atoms with E-state index in [-0.39, 0.29) is 16.3 Å². The van der Waals surface area contributed by atoms with Gasteiger partial charge in [-0.1, -0.05) is 35.3 Å². The summed E-state index contributed by atoms with van der Waals surface area (Å²) < 4.78 is 42.6. The van der Waals surface area contributed by atoms with E-state index < -0.39 is 30.2 Å². The second kappa shape index (κ2) is 8.92. The molecule has 0 saturated carbocycles. The molecule has 4 nitrogen and oxygen atoms in total. The van der Waals surface area contributed by atoms with Crippen LogP contribution in [0.3, 0.4) is 0 Å². The molecule has 142 valence electrons. The van der Waals surface area contributed by atoms with Gasteiger partial charge in [-0.25, -0.2) is 4.79 Å². The summed E-state index contributed by atoms with van der Waals surface area (Å²) in [6, 6.07) is 8.88. The lowest BCUT2D eigenvalue weighted by molar-refractivity contribution is -0.142. The third-order valence-electron chi connectivity index (χ3n) is 3.17. The van der Waals surface area contributed by atoms with Gasteiger partial charge in [0.15, 0.2) is 6.61 Å². The SMILES string of the molecule is O=C(COC(=O)/C=C/c1cccc(C(F)(F)F)c1)Nc1cc(Cl)ccc1Cl. The molecule has 0 bridgehead atoms. The fraction of sp³-hybridized carbons (Fsp3) is 0.111. The molecule has 0 aromatic heterocycles. The average Bonchev–Trinajstić information content (AvgIpc) is 2.61. The van der Waals surface area contributed by atoms with Crippen molar-refractivity contribution in [3.05, 3.63) is 69.7 Å². The minimum Gasteiger partial charge on any atom is -0.452 e. The van der Waals surface area contributed by atoms with E-state index in [1.54, 1.807) is 0 Å². The molecule has 0 radical (unpaired) electrons. The van der Waals surface area contributed by atoms with Crippen LogP contribution in [0.1, 0.15) is 11.1 Å². The Labute approximate surface area is 162 Å². The summed E-state index contributed by atoms with van der Waals surface area (Å²) in [5.41, 5.74) is -0.419. The zero-order valence-corrected chi connectivity index (χ0v) is 15.0. The number of amides is 1. The summed E-state index contributed by atoms with van der Waals surface area (Å²) in [6.07, 6.45) is -2.40. The molecule has 0 spiro atoms. The Hall–Kier alpha value is -2.51. The van der Waals surface area contributed by atoms with Crippen molar-refractivity contribution in [2.24, 2.45) is 0 Å². The maximum atomic E-state index is 12.6. The molecule has 9 heteroatoms. The van der Waals surface area contributed by atoms with Gasteiger partial charge in [0.05, 0.1) is 16.3 Å². The number of carbonyl (C=O) groups is 2. The number of hydrogen-bond acceptors (Lipinski definition) is 3. The van der Waals surface area contributed by atoms with E-state index in [1.807, 2.05) is 0 Å². The molecule has 0 saturated heterocycles. The van der Waals surface area contributed by atoms with E-state index in [4.69, 9.17) is 27.9 Å². The summed E-state index contributed by atoms with van der Waals surface area (Å²) in [7, 11) is 0. The van der Waals surface area contributed by atoms with E-state index >= 15 is 0 Å². The average molecular weight is 418 g/mol. The molecule has 0 unspecified atom stereocenters. The fourth-order valence-electron chi connectivity index (χ4n) is 1.95. The molecule has 1 amide bonds. The predicted octanol–water partition coefficient (Wildman–Crippen LogP) is 5.21. The number of carbonyl (C=O) groups excluding carboxylic acids is 2. The number of nitrogens with one attached hydrogen (secondary N) is 1. The Bertz CT molecular complexity index is 882. The molecule has 0 aliphatic heterocycles. The molecular weight excluding hydrogens is 406 g/mol. The second-order valence-corrected chi connectivity index (χ2v) is 6.08. The number of ether oxygens (including phenoxy) is 1. The highest BCUT2D eigenvalue weighted by molar-refractivity contribution is 6.35. The van der Waals surface area contributed by atoms with Crippen LogP contribution in [0.5, 0.6) is 0 Å². The number of anilines is 1. The van der Waals surface area contributed by atoms with Crippen LogP contribution in [0.15, 0.2) is 48.5 Å². The highest BCUT2D eigenvalue weighted by Gasteiger charge is 2.30. The first kappa shape index (κ1) is 20.8. The Balaban J connectivity index is 1.89. The molecule has 0 fully saturated rings. The van der Waals surface area contributed by atoms with E-state index in [2.05, 4.69) is 5.32 Å². The highest BCUT2D eigenvalue weighted by Crippen LogP contribution is 2.29. The Morgan fingerprint density at radius 3 is 2.56 bits per heavy atom. The molecule has 27 heavy (non-hydrogen) atoms. The van der Waals surface area contributed by atoms with Gasteiger partial charge in [-0.05, 0) is 42.0 Å². The topological polar surface area (TPSA) is 55.4 Å². The molecular formula is C18H12Cl2F3NO3. The molecule has 0 aliphatic rings. The van der Waals surface area contributed by atoms with Gasteiger partial charge in [-0.2, -0.15) is 13.2 Å². The number of alkyl halides is 3. The minimum atomic E-state index is -4.48. The van der Waals surface area contributed by atoms with E-state index in [9.17, 15) is 22.8 Å². The van der Waals surface area contributed by atoms with Crippen LogP contribution in [0, 0.1) is 0 Å². The van der Waals surface area contributed by atoms with Crippen molar-refractivity contribution in [2.45, 2.75) is 6.18 Å². The van der Waals surface area contributed by atoms with Crippen LogP contribution < -0.4 is 5.32 Å². The van der Waals surface area contributed by atoms with Gasteiger partial charge >= 0.3 is 12.1 Å². The zero-order valence-electron chi connectivity index (χ0n) is 13.5. The molecule has 0 heterocycles. The van der Waals surface area contributed by atoms with Gasteiger partial charge < -0.3 is 10.1 Å². The molecule has 2 rings (SSSR count). The number of esters is 1. The molecule has 2 aromatic rings. The highest BCUT2D eigenvalue weighted by atomic mass is 35.5. The third-order valence-corrected chi connectivity index (χ3v) is 3.74. The van der Waals surface area contributed by atoms with Crippen molar-refractivity contribution >= 4 is 46.8 Å². The van der Waals surface area contributed by atoms with Crippen LogP contribution >= 0.6 is 23.2 Å². The predicted molar refractivity (Wildman–Crippen MR) is 96.5 cm³/mol. The lowest BCUT2D eigenvalue weighted by Crippen LogP contribution is -2.20. The quantitative estimate of drug-likeness (QED) is 0.536. The summed E-state index contributed by atoms with van der Waals surface area (Å²) in [4.78, 5) is 23.4. The molecule has 1 N–H and O–H groups in total. The number of benzene rings is 2. The Kier molecular flexibility index (Phi) is 6.87. The largest absolute Gasteiger partial charge is 0.452 e. The van der Waals surface area contributed by atoms with Crippen molar-refractivity contribution in [1.82, 2.24) is 0 Å². The normalized spacial score (nSPS) is 11.4. The van der Waals surface area contributed by atoms with Crippen molar-refractivity contribution in [2.75, 3.05) is 11.9 Å². The van der Waals surface area contributed by atoms with Gasteiger partial charge in [0.2, 0.25) is 0 Å².